The second-order valence-electron chi connectivity index (χ2n) is 5.39. The third-order valence-corrected chi connectivity index (χ3v) is 4.68. The number of hydrogen-bond acceptors (Lipinski definition) is 3. The molecule has 1 aromatic heterocycles. The van der Waals surface area contributed by atoms with Crippen LogP contribution in [0.4, 0.5) is 0 Å². The number of benzene rings is 1. The fourth-order valence-corrected chi connectivity index (χ4v) is 3.09. The van der Waals surface area contributed by atoms with Crippen molar-refractivity contribution in [1.29, 1.82) is 0 Å². The third-order valence-electron chi connectivity index (χ3n) is 3.19. The van der Waals surface area contributed by atoms with Gasteiger partial charge in [0, 0.05) is 23.5 Å². The summed E-state index contributed by atoms with van der Waals surface area (Å²) in [5.41, 5.74) is 1.97. The lowest BCUT2D eigenvalue weighted by Gasteiger charge is -2.16. The third kappa shape index (κ3) is 3.84. The maximum absolute atomic E-state index is 12.1. The number of thioether (sulfide) groups is 1. The fourth-order valence-electron chi connectivity index (χ4n) is 2.03. The number of imidazole rings is 1. The van der Waals surface area contributed by atoms with E-state index >= 15 is 0 Å². The first-order valence-electron chi connectivity index (χ1n) is 7.16. The zero-order chi connectivity index (χ0) is 16.3. The Morgan fingerprint density at radius 2 is 2.09 bits per heavy atom. The minimum Gasteiger partial charge on any atom is -0.353 e. The second-order valence-corrected chi connectivity index (χ2v) is 7.10. The summed E-state index contributed by atoms with van der Waals surface area (Å²) >= 11 is 7.62. The molecule has 1 unspecified atom stereocenters. The molecule has 1 N–H and O–H groups in total. The van der Waals surface area contributed by atoms with Crippen molar-refractivity contribution in [2.24, 2.45) is 0 Å². The van der Waals surface area contributed by atoms with Gasteiger partial charge in [0.1, 0.15) is 0 Å². The average Bonchev–Trinajstić information content (AvgIpc) is 2.89. The van der Waals surface area contributed by atoms with Crippen LogP contribution in [0.15, 0.2) is 35.7 Å². The van der Waals surface area contributed by atoms with Crippen LogP contribution in [-0.4, -0.2) is 26.8 Å². The molecule has 2 aromatic rings. The predicted octanol–water partition coefficient (Wildman–Crippen LogP) is 3.84. The van der Waals surface area contributed by atoms with Gasteiger partial charge in [-0.25, -0.2) is 4.98 Å². The van der Waals surface area contributed by atoms with Crippen molar-refractivity contribution in [1.82, 2.24) is 14.9 Å². The van der Waals surface area contributed by atoms with Crippen LogP contribution in [0.3, 0.4) is 0 Å². The first kappa shape index (κ1) is 16.9. The summed E-state index contributed by atoms with van der Waals surface area (Å²) < 4.78 is 1.96. The standard InChI is InChI=1S/C16H20ClN3OS/c1-10(2)19-15(21)12(4)22-16-18-8-9-20(16)14-7-5-6-13(17)11(14)3/h5-10,12H,1-4H3,(H,19,21). The zero-order valence-electron chi connectivity index (χ0n) is 13.1. The number of halogens is 1. The van der Waals surface area contributed by atoms with Gasteiger partial charge in [0.25, 0.3) is 0 Å². The summed E-state index contributed by atoms with van der Waals surface area (Å²) in [6.45, 7) is 7.75. The minimum absolute atomic E-state index is 0.0115. The molecule has 22 heavy (non-hydrogen) atoms. The number of carbonyl (C=O) groups is 1. The van der Waals surface area contributed by atoms with Crippen molar-refractivity contribution in [3.63, 3.8) is 0 Å². The molecule has 0 aliphatic heterocycles. The Morgan fingerprint density at radius 1 is 1.36 bits per heavy atom. The number of amides is 1. The molecule has 0 aliphatic carbocycles. The van der Waals surface area contributed by atoms with E-state index in [1.165, 1.54) is 11.8 Å². The van der Waals surface area contributed by atoms with Crippen LogP contribution in [0.25, 0.3) is 5.69 Å². The van der Waals surface area contributed by atoms with Crippen molar-refractivity contribution in [3.8, 4) is 5.69 Å². The number of nitrogens with one attached hydrogen (secondary N) is 1. The Kier molecular flexibility index (Phi) is 5.53. The van der Waals surface area contributed by atoms with Crippen LogP contribution in [0.1, 0.15) is 26.3 Å². The Morgan fingerprint density at radius 3 is 2.77 bits per heavy atom. The van der Waals surface area contributed by atoms with E-state index in [2.05, 4.69) is 10.3 Å². The number of rotatable bonds is 5. The molecular weight excluding hydrogens is 318 g/mol. The van der Waals surface area contributed by atoms with Crippen LogP contribution in [0, 0.1) is 6.92 Å². The van der Waals surface area contributed by atoms with E-state index in [9.17, 15) is 4.79 Å². The van der Waals surface area contributed by atoms with Crippen LogP contribution >= 0.6 is 23.4 Å². The summed E-state index contributed by atoms with van der Waals surface area (Å²) in [6.07, 6.45) is 3.61. The summed E-state index contributed by atoms with van der Waals surface area (Å²) in [5, 5.41) is 4.19. The maximum atomic E-state index is 12.1. The van der Waals surface area contributed by atoms with Gasteiger partial charge in [-0.2, -0.15) is 0 Å². The fraction of sp³-hybridized carbons (Fsp3) is 0.375. The molecular formula is C16H20ClN3OS. The van der Waals surface area contributed by atoms with Crippen LogP contribution in [0.2, 0.25) is 5.02 Å². The quantitative estimate of drug-likeness (QED) is 0.843. The highest BCUT2D eigenvalue weighted by Gasteiger charge is 2.18. The monoisotopic (exact) mass is 337 g/mol. The highest BCUT2D eigenvalue weighted by molar-refractivity contribution is 8.00. The molecule has 6 heteroatoms. The van der Waals surface area contributed by atoms with Gasteiger partial charge in [0.2, 0.25) is 5.91 Å². The van der Waals surface area contributed by atoms with Crippen LogP contribution in [-0.2, 0) is 4.79 Å². The summed E-state index contributed by atoms with van der Waals surface area (Å²) in [5.74, 6) is 0.0115. The van der Waals surface area contributed by atoms with Gasteiger partial charge < -0.3 is 5.32 Å². The number of nitrogens with zero attached hydrogens (tertiary/aromatic N) is 2. The SMILES string of the molecule is Cc1c(Cl)cccc1-n1ccnc1SC(C)C(=O)NC(C)C. The predicted molar refractivity (Wildman–Crippen MR) is 91.9 cm³/mol. The Balaban J connectivity index is 2.23. The van der Waals surface area contributed by atoms with Gasteiger partial charge in [-0.05, 0) is 45.4 Å². The van der Waals surface area contributed by atoms with Gasteiger partial charge in [0.15, 0.2) is 5.16 Å². The lowest BCUT2D eigenvalue weighted by molar-refractivity contribution is -0.120. The molecule has 1 aromatic carbocycles. The first-order chi connectivity index (χ1) is 10.4. The number of hydrogen-bond donors (Lipinski definition) is 1. The number of aromatic nitrogens is 2. The molecule has 0 spiro atoms. The molecule has 0 bridgehead atoms. The Labute approximate surface area is 140 Å². The molecule has 1 atom stereocenters. The molecule has 118 valence electrons. The van der Waals surface area contributed by atoms with E-state index in [0.29, 0.717) is 5.02 Å². The normalized spacial score (nSPS) is 12.5. The first-order valence-corrected chi connectivity index (χ1v) is 8.41. The zero-order valence-corrected chi connectivity index (χ0v) is 14.7. The highest BCUT2D eigenvalue weighted by Crippen LogP contribution is 2.28. The van der Waals surface area contributed by atoms with Gasteiger partial charge in [-0.1, -0.05) is 29.4 Å². The lowest BCUT2D eigenvalue weighted by atomic mass is 10.2. The molecule has 0 fully saturated rings. The highest BCUT2D eigenvalue weighted by atomic mass is 35.5. The number of carbonyl (C=O) groups excluding carboxylic acids is 1. The summed E-state index contributed by atoms with van der Waals surface area (Å²) in [7, 11) is 0. The molecule has 1 amide bonds. The maximum Gasteiger partial charge on any atom is 0.233 e. The largest absolute Gasteiger partial charge is 0.353 e. The van der Waals surface area contributed by atoms with E-state index < -0.39 is 0 Å². The van der Waals surface area contributed by atoms with Gasteiger partial charge in [0.05, 0.1) is 10.9 Å². The molecule has 4 nitrogen and oxygen atoms in total. The summed E-state index contributed by atoms with van der Waals surface area (Å²) in [6, 6.07) is 5.90. The van der Waals surface area contributed by atoms with E-state index in [1.54, 1.807) is 6.20 Å². The average molecular weight is 338 g/mol. The topological polar surface area (TPSA) is 46.9 Å². The molecule has 0 saturated carbocycles. The van der Waals surface area contributed by atoms with Crippen molar-refractivity contribution < 1.29 is 4.79 Å². The van der Waals surface area contributed by atoms with E-state index in [0.717, 1.165) is 16.4 Å². The molecule has 0 aliphatic rings. The van der Waals surface area contributed by atoms with E-state index in [-0.39, 0.29) is 17.2 Å². The summed E-state index contributed by atoms with van der Waals surface area (Å²) in [4.78, 5) is 16.4. The Bertz CT molecular complexity index is 669. The minimum atomic E-state index is -0.219. The van der Waals surface area contributed by atoms with Gasteiger partial charge in [-0.15, -0.1) is 0 Å². The molecule has 0 saturated heterocycles. The smallest absolute Gasteiger partial charge is 0.233 e. The molecule has 1 heterocycles. The van der Waals surface area contributed by atoms with E-state index in [4.69, 9.17) is 11.6 Å². The van der Waals surface area contributed by atoms with Crippen LogP contribution in [0.5, 0.6) is 0 Å². The van der Waals surface area contributed by atoms with Crippen molar-refractivity contribution in [2.45, 2.75) is 44.1 Å². The van der Waals surface area contributed by atoms with Gasteiger partial charge >= 0.3 is 0 Å². The van der Waals surface area contributed by atoms with Crippen molar-refractivity contribution in [2.75, 3.05) is 0 Å². The Hall–Kier alpha value is -1.46. The van der Waals surface area contributed by atoms with Crippen molar-refractivity contribution >= 4 is 29.3 Å². The van der Waals surface area contributed by atoms with Crippen molar-refractivity contribution in [3.05, 3.63) is 41.2 Å². The second kappa shape index (κ2) is 7.20. The van der Waals surface area contributed by atoms with E-state index in [1.807, 2.05) is 56.7 Å². The van der Waals surface area contributed by atoms with Gasteiger partial charge in [-0.3, -0.25) is 9.36 Å². The van der Waals surface area contributed by atoms with Crippen LogP contribution < -0.4 is 5.32 Å². The molecule has 2 rings (SSSR count). The lowest BCUT2D eigenvalue weighted by Crippen LogP contribution is -2.36. The molecule has 0 radical (unpaired) electrons.